The molecule has 180 valence electrons. The molecule has 2 aliphatic heterocycles. The van der Waals surface area contributed by atoms with E-state index in [4.69, 9.17) is 18.9 Å². The summed E-state index contributed by atoms with van der Waals surface area (Å²) in [5, 5.41) is 11.3. The Balaban J connectivity index is 1.79. The van der Waals surface area contributed by atoms with Crippen LogP contribution >= 0.6 is 0 Å². The molecule has 2 aromatic carbocycles. The summed E-state index contributed by atoms with van der Waals surface area (Å²) in [6.45, 7) is 5.91. The molecule has 0 radical (unpaired) electrons. The lowest BCUT2D eigenvalue weighted by molar-refractivity contribution is -0.140. The lowest BCUT2D eigenvalue weighted by atomic mass is 9.95. The number of carbonyl (C=O) groups is 2. The smallest absolute Gasteiger partial charge is 0.295 e. The highest BCUT2D eigenvalue weighted by Crippen LogP contribution is 2.41. The van der Waals surface area contributed by atoms with Crippen LogP contribution < -0.4 is 14.2 Å². The van der Waals surface area contributed by atoms with E-state index in [0.29, 0.717) is 54.1 Å². The molecule has 1 atom stereocenters. The molecule has 8 nitrogen and oxygen atoms in total. The summed E-state index contributed by atoms with van der Waals surface area (Å²) in [7, 11) is 1.53. The van der Waals surface area contributed by atoms with Gasteiger partial charge < -0.3 is 29.0 Å². The van der Waals surface area contributed by atoms with Gasteiger partial charge in [-0.1, -0.05) is 26.0 Å². The van der Waals surface area contributed by atoms with E-state index < -0.39 is 17.7 Å². The van der Waals surface area contributed by atoms with Gasteiger partial charge in [0.05, 0.1) is 24.8 Å². The summed E-state index contributed by atoms with van der Waals surface area (Å²) >= 11 is 0. The number of fused-ring (bicyclic) bond motifs is 1. The van der Waals surface area contributed by atoms with Crippen molar-refractivity contribution in [3.63, 3.8) is 0 Å². The number of ether oxygens (including phenoxy) is 4. The fourth-order valence-electron chi connectivity index (χ4n) is 4.03. The minimum Gasteiger partial charge on any atom is -0.507 e. The Kier molecular flexibility index (Phi) is 7.07. The van der Waals surface area contributed by atoms with E-state index in [1.807, 2.05) is 18.2 Å². The number of nitrogens with zero attached hydrogens (tertiary/aromatic N) is 1. The molecule has 0 saturated carbocycles. The number of methoxy groups -OCH3 is 1. The van der Waals surface area contributed by atoms with Crippen molar-refractivity contribution >= 4 is 17.4 Å². The number of ketones is 1. The van der Waals surface area contributed by atoms with Crippen LogP contribution in [-0.2, 0) is 14.3 Å². The van der Waals surface area contributed by atoms with Crippen molar-refractivity contribution in [2.75, 3.05) is 40.1 Å². The molecule has 0 aliphatic carbocycles. The number of hydrogen-bond donors (Lipinski definition) is 1. The van der Waals surface area contributed by atoms with Gasteiger partial charge in [0.25, 0.3) is 11.7 Å². The second kappa shape index (κ2) is 10.2. The molecule has 1 fully saturated rings. The molecule has 1 amide bonds. The van der Waals surface area contributed by atoms with Crippen LogP contribution in [0.3, 0.4) is 0 Å². The van der Waals surface area contributed by atoms with Crippen LogP contribution in [0.15, 0.2) is 48.0 Å². The van der Waals surface area contributed by atoms with Gasteiger partial charge in [-0.05, 0) is 41.8 Å². The second-order valence-corrected chi connectivity index (χ2v) is 8.62. The third-order valence-corrected chi connectivity index (χ3v) is 5.65. The number of amides is 1. The van der Waals surface area contributed by atoms with Crippen LogP contribution in [0.4, 0.5) is 0 Å². The van der Waals surface area contributed by atoms with Crippen molar-refractivity contribution < 1.29 is 33.6 Å². The quantitative estimate of drug-likeness (QED) is 0.360. The van der Waals surface area contributed by atoms with Gasteiger partial charge in [0, 0.05) is 19.2 Å². The molecular formula is C26H29NO7. The van der Waals surface area contributed by atoms with Gasteiger partial charge in [-0.15, -0.1) is 0 Å². The van der Waals surface area contributed by atoms with Gasteiger partial charge in [-0.3, -0.25) is 9.59 Å². The SMILES string of the molecule is COCCN1C(=O)C(=O)/C(=C(\O)c2ccc3c(c2)OCCO3)C1c1cccc(OCC(C)C)c1. The van der Waals surface area contributed by atoms with Crippen LogP contribution in [0.25, 0.3) is 5.76 Å². The van der Waals surface area contributed by atoms with Crippen molar-refractivity contribution in [3.8, 4) is 17.2 Å². The van der Waals surface area contributed by atoms with Crippen molar-refractivity contribution in [1.29, 1.82) is 0 Å². The van der Waals surface area contributed by atoms with Crippen LogP contribution in [0.5, 0.6) is 17.2 Å². The van der Waals surface area contributed by atoms with E-state index in [1.165, 1.54) is 12.0 Å². The Labute approximate surface area is 198 Å². The molecule has 1 unspecified atom stereocenters. The molecule has 2 aliphatic rings. The van der Waals surface area contributed by atoms with Crippen LogP contribution in [0, 0.1) is 5.92 Å². The van der Waals surface area contributed by atoms with Crippen molar-refractivity contribution in [2.45, 2.75) is 19.9 Å². The molecule has 34 heavy (non-hydrogen) atoms. The summed E-state index contributed by atoms with van der Waals surface area (Å²) < 4.78 is 22.2. The Morgan fingerprint density at radius 2 is 1.88 bits per heavy atom. The van der Waals surface area contributed by atoms with Crippen molar-refractivity contribution in [2.24, 2.45) is 5.92 Å². The first-order valence-electron chi connectivity index (χ1n) is 11.3. The highest BCUT2D eigenvalue weighted by molar-refractivity contribution is 6.46. The molecular weight excluding hydrogens is 438 g/mol. The minimum absolute atomic E-state index is 0.0128. The number of aliphatic hydroxyl groups excluding tert-OH is 1. The number of carbonyl (C=O) groups excluding carboxylic acids is 2. The number of rotatable bonds is 8. The third kappa shape index (κ3) is 4.72. The van der Waals surface area contributed by atoms with E-state index in [9.17, 15) is 14.7 Å². The monoisotopic (exact) mass is 467 g/mol. The molecule has 1 saturated heterocycles. The fraction of sp³-hybridized carbons (Fsp3) is 0.385. The van der Waals surface area contributed by atoms with Crippen molar-refractivity contribution in [1.82, 2.24) is 4.90 Å². The minimum atomic E-state index is -0.786. The highest BCUT2D eigenvalue weighted by Gasteiger charge is 2.46. The van der Waals surface area contributed by atoms with Crippen LogP contribution in [-0.4, -0.2) is 61.8 Å². The molecule has 1 N–H and O–H groups in total. The second-order valence-electron chi connectivity index (χ2n) is 8.62. The largest absolute Gasteiger partial charge is 0.507 e. The Hall–Kier alpha value is -3.52. The predicted molar refractivity (Wildman–Crippen MR) is 125 cm³/mol. The molecule has 2 aromatic rings. The standard InChI is InChI=1S/C26H29NO7/c1-16(2)15-34-19-6-4-5-17(13-19)23-22(25(29)26(30)27(23)9-10-31-3)24(28)18-7-8-20-21(14-18)33-12-11-32-20/h4-8,13-14,16,23,28H,9-12,15H2,1-3H3/b24-22-. The molecule has 0 bridgehead atoms. The Morgan fingerprint density at radius 1 is 1.12 bits per heavy atom. The molecule has 8 heteroatoms. The molecule has 2 heterocycles. The third-order valence-electron chi connectivity index (χ3n) is 5.65. The summed E-state index contributed by atoms with van der Waals surface area (Å²) in [6.07, 6.45) is 0. The summed E-state index contributed by atoms with van der Waals surface area (Å²) in [6, 6.07) is 11.4. The van der Waals surface area contributed by atoms with Gasteiger partial charge >= 0.3 is 0 Å². The van der Waals surface area contributed by atoms with Gasteiger partial charge in [-0.2, -0.15) is 0 Å². The maximum atomic E-state index is 13.1. The highest BCUT2D eigenvalue weighted by atomic mass is 16.6. The van der Waals surface area contributed by atoms with Gasteiger partial charge in [0.15, 0.2) is 11.5 Å². The van der Waals surface area contributed by atoms with Crippen LogP contribution in [0.2, 0.25) is 0 Å². The summed E-state index contributed by atoms with van der Waals surface area (Å²) in [5.41, 5.74) is 1.04. The Bertz CT molecular complexity index is 1110. The van der Waals surface area contributed by atoms with Gasteiger partial charge in [-0.25, -0.2) is 0 Å². The van der Waals surface area contributed by atoms with E-state index >= 15 is 0 Å². The predicted octanol–water partition coefficient (Wildman–Crippen LogP) is 3.56. The van der Waals surface area contributed by atoms with Gasteiger partial charge in [0.1, 0.15) is 24.7 Å². The lowest BCUT2D eigenvalue weighted by Crippen LogP contribution is -2.32. The number of benzene rings is 2. The fourth-order valence-corrected chi connectivity index (χ4v) is 4.03. The molecule has 4 rings (SSSR count). The van der Waals surface area contributed by atoms with E-state index in [0.717, 1.165) is 0 Å². The van der Waals surface area contributed by atoms with Gasteiger partial charge in [0.2, 0.25) is 0 Å². The zero-order valence-electron chi connectivity index (χ0n) is 19.6. The summed E-state index contributed by atoms with van der Waals surface area (Å²) in [4.78, 5) is 27.5. The first kappa shape index (κ1) is 23.6. The lowest BCUT2D eigenvalue weighted by Gasteiger charge is -2.25. The van der Waals surface area contributed by atoms with Crippen molar-refractivity contribution in [3.05, 3.63) is 59.2 Å². The average molecular weight is 468 g/mol. The van der Waals surface area contributed by atoms with E-state index in [2.05, 4.69) is 13.8 Å². The maximum absolute atomic E-state index is 13.1. The first-order valence-corrected chi connectivity index (χ1v) is 11.3. The zero-order valence-corrected chi connectivity index (χ0v) is 19.6. The average Bonchev–Trinajstić information content (AvgIpc) is 3.10. The number of likely N-dealkylation sites (tertiary alicyclic amines) is 1. The molecule has 0 spiro atoms. The maximum Gasteiger partial charge on any atom is 0.295 e. The van der Waals surface area contributed by atoms with E-state index in [-0.39, 0.29) is 24.5 Å². The molecule has 0 aromatic heterocycles. The number of Topliss-reactive ketones (excluding diaryl/α,β-unsaturated/α-hetero) is 1. The zero-order chi connectivity index (χ0) is 24.2. The first-order chi connectivity index (χ1) is 16.4. The summed E-state index contributed by atoms with van der Waals surface area (Å²) in [5.74, 6) is 0.305. The van der Waals surface area contributed by atoms with Crippen LogP contribution in [0.1, 0.15) is 31.0 Å². The van der Waals surface area contributed by atoms with E-state index in [1.54, 1.807) is 24.3 Å². The number of hydrogen-bond acceptors (Lipinski definition) is 7. The number of aliphatic hydroxyl groups is 1. The topological polar surface area (TPSA) is 94.5 Å². The Morgan fingerprint density at radius 3 is 2.62 bits per heavy atom. The normalized spacial score (nSPS) is 19.1.